The molecule has 0 aliphatic carbocycles. The largest absolute Gasteiger partial charge is 0.478 e. The lowest BCUT2D eigenvalue weighted by Gasteiger charge is -2.35. The molecule has 1 amide bonds. The quantitative estimate of drug-likeness (QED) is 0.423. The molecule has 0 unspecified atom stereocenters. The number of nitrogens with zero attached hydrogens (tertiary/aromatic N) is 2. The van der Waals surface area contributed by atoms with Crippen LogP contribution in [0.4, 0.5) is 11.4 Å². The lowest BCUT2D eigenvalue weighted by molar-refractivity contribution is 0.0698. The van der Waals surface area contributed by atoms with Gasteiger partial charge in [-0.15, -0.1) is 0 Å². The van der Waals surface area contributed by atoms with Crippen molar-refractivity contribution in [1.29, 1.82) is 0 Å². The van der Waals surface area contributed by atoms with Crippen molar-refractivity contribution in [3.8, 4) is 0 Å². The third-order valence-corrected chi connectivity index (χ3v) is 8.62. The topological polar surface area (TPSA) is 107 Å². The van der Waals surface area contributed by atoms with Crippen LogP contribution in [0.15, 0.2) is 70.0 Å². The fourth-order valence-corrected chi connectivity index (χ4v) is 5.92. The maximum atomic E-state index is 13.4. The van der Waals surface area contributed by atoms with Crippen molar-refractivity contribution in [3.63, 3.8) is 0 Å². The summed E-state index contributed by atoms with van der Waals surface area (Å²) < 4.78 is 28.7. The molecular weight excluding hydrogens is 570 g/mol. The third kappa shape index (κ3) is 5.57. The Hall–Kier alpha value is -2.92. The van der Waals surface area contributed by atoms with Crippen LogP contribution in [0.1, 0.15) is 26.3 Å². The predicted octanol–water partition coefficient (Wildman–Crippen LogP) is 4.87. The number of carbonyl (C=O) groups is 2. The van der Waals surface area contributed by atoms with Gasteiger partial charge in [-0.2, -0.15) is 4.31 Å². The summed E-state index contributed by atoms with van der Waals surface area (Å²) in [5, 5.41) is 12.7. The lowest BCUT2D eigenvalue weighted by Crippen LogP contribution is -2.48. The Morgan fingerprint density at radius 3 is 2.25 bits per heavy atom. The molecule has 8 nitrogen and oxygen atoms in total. The van der Waals surface area contributed by atoms with Gasteiger partial charge in [0, 0.05) is 46.9 Å². The molecule has 1 saturated heterocycles. The predicted molar refractivity (Wildman–Crippen MR) is 143 cm³/mol. The van der Waals surface area contributed by atoms with Crippen LogP contribution in [0, 0.1) is 6.92 Å². The van der Waals surface area contributed by atoms with E-state index in [0.717, 1.165) is 5.69 Å². The summed E-state index contributed by atoms with van der Waals surface area (Å²) in [7, 11) is -3.84. The van der Waals surface area contributed by atoms with Gasteiger partial charge in [0.15, 0.2) is 0 Å². The first-order chi connectivity index (χ1) is 17.1. The molecule has 2 N–H and O–H groups in total. The van der Waals surface area contributed by atoms with E-state index in [4.69, 9.17) is 11.6 Å². The number of piperazine rings is 1. The number of hydrogen-bond acceptors (Lipinski definition) is 5. The van der Waals surface area contributed by atoms with Gasteiger partial charge < -0.3 is 15.3 Å². The van der Waals surface area contributed by atoms with Crippen molar-refractivity contribution in [2.45, 2.75) is 11.8 Å². The first-order valence-electron chi connectivity index (χ1n) is 11.0. The molecule has 0 bridgehead atoms. The minimum Gasteiger partial charge on any atom is -0.478 e. The van der Waals surface area contributed by atoms with E-state index < -0.39 is 21.9 Å². The SMILES string of the molecule is Cc1ccc(S(=O)(=O)N2CCN(c3ccc(Cl)cc3)CC2)cc1C(=O)Nc1ccc(Br)cc1C(=O)O. The van der Waals surface area contributed by atoms with Gasteiger partial charge in [-0.1, -0.05) is 33.6 Å². The molecule has 4 rings (SSSR count). The molecular formula is C25H23BrClN3O5S. The van der Waals surface area contributed by atoms with Gasteiger partial charge >= 0.3 is 5.97 Å². The first kappa shape index (κ1) is 26.2. The number of rotatable bonds is 6. The smallest absolute Gasteiger partial charge is 0.337 e. The number of aromatic carboxylic acids is 1. The monoisotopic (exact) mass is 591 g/mol. The Labute approximate surface area is 222 Å². The lowest BCUT2D eigenvalue weighted by atomic mass is 10.1. The summed E-state index contributed by atoms with van der Waals surface area (Å²) in [6, 6.07) is 16.3. The molecule has 1 fully saturated rings. The molecule has 188 valence electrons. The Morgan fingerprint density at radius 1 is 0.944 bits per heavy atom. The Kier molecular flexibility index (Phi) is 7.70. The molecule has 0 spiro atoms. The molecule has 1 aliphatic heterocycles. The summed E-state index contributed by atoms with van der Waals surface area (Å²) in [5.74, 6) is -1.79. The van der Waals surface area contributed by atoms with Gasteiger partial charge in [-0.05, 0) is 67.1 Å². The zero-order chi connectivity index (χ0) is 26.0. The number of anilines is 2. The minimum absolute atomic E-state index is 0.00690. The number of sulfonamides is 1. The van der Waals surface area contributed by atoms with Crippen molar-refractivity contribution >= 4 is 60.8 Å². The zero-order valence-electron chi connectivity index (χ0n) is 19.2. The number of amides is 1. The highest BCUT2D eigenvalue weighted by atomic mass is 79.9. The van der Waals surface area contributed by atoms with E-state index in [2.05, 4.69) is 26.1 Å². The summed E-state index contributed by atoms with van der Waals surface area (Å²) in [6.45, 7) is 3.31. The molecule has 1 aliphatic rings. The van der Waals surface area contributed by atoms with Gasteiger partial charge in [0.1, 0.15) is 0 Å². The zero-order valence-corrected chi connectivity index (χ0v) is 22.4. The van der Waals surface area contributed by atoms with E-state index in [1.165, 1.54) is 28.6 Å². The first-order valence-corrected chi connectivity index (χ1v) is 13.6. The second kappa shape index (κ2) is 10.6. The standard InChI is InChI=1S/C25H23BrClN3O5S/c1-16-2-8-20(15-21(16)24(31)28-23-9-3-17(26)14-22(23)25(32)33)36(34,35)30-12-10-29(11-13-30)19-6-4-18(27)5-7-19/h2-9,14-15H,10-13H2,1H3,(H,28,31)(H,32,33). The molecule has 0 saturated carbocycles. The van der Waals surface area contributed by atoms with Crippen LogP contribution in [0.2, 0.25) is 5.02 Å². The summed E-state index contributed by atoms with van der Waals surface area (Å²) in [5.41, 5.74) is 1.71. The number of aryl methyl sites for hydroxylation is 1. The summed E-state index contributed by atoms with van der Waals surface area (Å²) >= 11 is 9.18. The van der Waals surface area contributed by atoms with Crippen LogP contribution in [0.3, 0.4) is 0 Å². The van der Waals surface area contributed by atoms with Crippen LogP contribution >= 0.6 is 27.5 Å². The normalized spacial score (nSPS) is 14.5. The molecule has 0 radical (unpaired) electrons. The number of benzene rings is 3. The molecule has 3 aromatic carbocycles. The highest BCUT2D eigenvalue weighted by molar-refractivity contribution is 9.10. The van der Waals surface area contributed by atoms with E-state index in [0.29, 0.717) is 41.2 Å². The average molecular weight is 593 g/mol. The highest BCUT2D eigenvalue weighted by Gasteiger charge is 2.29. The van der Waals surface area contributed by atoms with Crippen LogP contribution in [0.25, 0.3) is 0 Å². The van der Waals surface area contributed by atoms with Crippen molar-refractivity contribution in [2.24, 2.45) is 0 Å². The molecule has 36 heavy (non-hydrogen) atoms. The molecule has 1 heterocycles. The van der Waals surface area contributed by atoms with Gasteiger partial charge in [0.2, 0.25) is 10.0 Å². The molecule has 3 aromatic rings. The van der Waals surface area contributed by atoms with Crippen molar-refractivity contribution in [1.82, 2.24) is 4.31 Å². The number of nitrogens with one attached hydrogen (secondary N) is 1. The average Bonchev–Trinajstić information content (AvgIpc) is 2.85. The third-order valence-electron chi connectivity index (χ3n) is 5.98. The van der Waals surface area contributed by atoms with Gasteiger partial charge in [-0.25, -0.2) is 13.2 Å². The maximum Gasteiger partial charge on any atom is 0.337 e. The maximum absolute atomic E-state index is 13.4. The molecule has 0 atom stereocenters. The van der Waals surface area contributed by atoms with Gasteiger partial charge in [-0.3, -0.25) is 4.79 Å². The van der Waals surface area contributed by atoms with Gasteiger partial charge in [0.05, 0.1) is 16.1 Å². The van der Waals surface area contributed by atoms with Gasteiger partial charge in [0.25, 0.3) is 5.91 Å². The van der Waals surface area contributed by atoms with Crippen LogP contribution in [0.5, 0.6) is 0 Å². The number of carboxylic acid groups (broad SMARTS) is 1. The van der Waals surface area contributed by atoms with Crippen molar-refractivity contribution in [2.75, 3.05) is 36.4 Å². The van der Waals surface area contributed by atoms with Crippen LogP contribution < -0.4 is 10.2 Å². The van der Waals surface area contributed by atoms with E-state index in [9.17, 15) is 23.1 Å². The second-order valence-corrected chi connectivity index (χ2v) is 11.6. The number of carboxylic acids is 1. The van der Waals surface area contributed by atoms with Crippen molar-refractivity contribution in [3.05, 3.63) is 86.8 Å². The van der Waals surface area contributed by atoms with Crippen LogP contribution in [-0.2, 0) is 10.0 Å². The summed E-state index contributed by atoms with van der Waals surface area (Å²) in [6.07, 6.45) is 0. The highest BCUT2D eigenvalue weighted by Crippen LogP contribution is 2.26. The number of carbonyl (C=O) groups excluding carboxylic acids is 1. The van der Waals surface area contributed by atoms with E-state index >= 15 is 0 Å². The Balaban J connectivity index is 1.53. The number of halogens is 2. The molecule has 0 aromatic heterocycles. The fourth-order valence-electron chi connectivity index (χ4n) is 3.99. The second-order valence-electron chi connectivity index (χ2n) is 8.29. The molecule has 11 heteroatoms. The fraction of sp³-hybridized carbons (Fsp3) is 0.200. The van der Waals surface area contributed by atoms with E-state index in [1.807, 2.05) is 12.1 Å². The Bertz CT molecular complexity index is 1420. The number of hydrogen-bond donors (Lipinski definition) is 2. The van der Waals surface area contributed by atoms with Crippen molar-refractivity contribution < 1.29 is 23.1 Å². The Morgan fingerprint density at radius 2 is 1.61 bits per heavy atom. The van der Waals surface area contributed by atoms with Crippen LogP contribution in [-0.4, -0.2) is 55.9 Å². The minimum atomic E-state index is -3.84. The van der Waals surface area contributed by atoms with E-state index in [1.54, 1.807) is 31.2 Å². The van der Waals surface area contributed by atoms with E-state index in [-0.39, 0.29) is 21.7 Å². The summed E-state index contributed by atoms with van der Waals surface area (Å²) in [4.78, 5) is 26.7.